The van der Waals surface area contributed by atoms with Crippen LogP contribution in [0, 0.1) is 10.1 Å². The van der Waals surface area contributed by atoms with Crippen LogP contribution in [0.25, 0.3) is 0 Å². The monoisotopic (exact) mass is 267 g/mol. The molecular weight excluding hydrogens is 246 g/mol. The van der Waals surface area contributed by atoms with E-state index in [1.54, 1.807) is 12.1 Å². The van der Waals surface area contributed by atoms with Gasteiger partial charge in [0.15, 0.2) is 5.75 Å². The number of hydrogen-bond donors (Lipinski definition) is 2. The summed E-state index contributed by atoms with van der Waals surface area (Å²) in [5.41, 5.74) is 6.26. The number of anilines is 1. The molecule has 0 atom stereocenters. The first-order chi connectivity index (χ1) is 8.83. The molecule has 0 heterocycles. The minimum Gasteiger partial charge on any atom is -0.487 e. The number of nitrogens with zero attached hydrogens (tertiary/aromatic N) is 1. The summed E-state index contributed by atoms with van der Waals surface area (Å²) in [6.07, 6.45) is 0.796. The number of hydrogen-bond acceptors (Lipinski definition) is 5. The first kappa shape index (κ1) is 15.2. The van der Waals surface area contributed by atoms with Crippen molar-refractivity contribution in [1.29, 1.82) is 0 Å². The van der Waals surface area contributed by atoms with E-state index >= 15 is 0 Å². The van der Waals surface area contributed by atoms with Gasteiger partial charge in [0, 0.05) is 29.9 Å². The molecule has 6 nitrogen and oxygen atoms in total. The number of nitrogens with two attached hydrogens (primary N) is 1. The van der Waals surface area contributed by atoms with Gasteiger partial charge in [0.05, 0.1) is 11.5 Å². The van der Waals surface area contributed by atoms with E-state index in [9.17, 15) is 10.1 Å². The Morgan fingerprint density at radius 3 is 2.68 bits per heavy atom. The Labute approximate surface area is 113 Å². The highest BCUT2D eigenvalue weighted by Crippen LogP contribution is 2.30. The van der Waals surface area contributed by atoms with Crippen LogP contribution in [0.1, 0.15) is 27.2 Å². The third-order valence-electron chi connectivity index (χ3n) is 2.37. The first-order valence-corrected chi connectivity index (χ1v) is 6.27. The summed E-state index contributed by atoms with van der Waals surface area (Å²) < 4.78 is 5.41. The Hall–Kier alpha value is -1.82. The first-order valence-electron chi connectivity index (χ1n) is 6.27. The molecule has 0 aliphatic heterocycles. The van der Waals surface area contributed by atoms with E-state index in [2.05, 4.69) is 5.32 Å². The second kappa shape index (κ2) is 6.38. The van der Waals surface area contributed by atoms with Crippen LogP contribution >= 0.6 is 0 Å². The molecule has 0 fully saturated rings. The standard InChI is InChI=1S/C13H21N3O3/c1-4-7-19-12-8-10(15-9-13(2,3)14)5-6-11(12)16(17)18/h5-6,8,15H,4,7,9,14H2,1-3H3. The fourth-order valence-corrected chi connectivity index (χ4v) is 1.43. The lowest BCUT2D eigenvalue weighted by molar-refractivity contribution is -0.385. The van der Waals surface area contributed by atoms with Crippen LogP contribution in [-0.2, 0) is 0 Å². The Kier molecular flexibility index (Phi) is 5.11. The average Bonchev–Trinajstić information content (AvgIpc) is 2.32. The second-order valence-electron chi connectivity index (χ2n) is 5.13. The quantitative estimate of drug-likeness (QED) is 0.585. The van der Waals surface area contributed by atoms with Gasteiger partial charge in [-0.05, 0) is 26.3 Å². The van der Waals surface area contributed by atoms with E-state index in [4.69, 9.17) is 10.5 Å². The predicted molar refractivity (Wildman–Crippen MR) is 75.6 cm³/mol. The number of nitro benzene ring substituents is 1. The molecule has 6 heteroatoms. The number of benzene rings is 1. The van der Waals surface area contributed by atoms with Gasteiger partial charge in [0.2, 0.25) is 0 Å². The highest BCUT2D eigenvalue weighted by Gasteiger charge is 2.16. The van der Waals surface area contributed by atoms with Crippen molar-refractivity contribution in [3.63, 3.8) is 0 Å². The zero-order chi connectivity index (χ0) is 14.5. The molecule has 0 saturated carbocycles. The van der Waals surface area contributed by atoms with Gasteiger partial charge in [-0.1, -0.05) is 6.92 Å². The Morgan fingerprint density at radius 1 is 1.47 bits per heavy atom. The molecule has 106 valence electrons. The molecule has 0 saturated heterocycles. The summed E-state index contributed by atoms with van der Waals surface area (Å²) in [6.45, 7) is 6.77. The predicted octanol–water partition coefficient (Wildman–Crippen LogP) is 2.53. The number of ether oxygens (including phenoxy) is 1. The molecule has 1 aromatic rings. The number of nitrogens with one attached hydrogen (secondary N) is 1. The molecule has 0 aromatic heterocycles. The molecule has 0 aliphatic carbocycles. The van der Waals surface area contributed by atoms with Gasteiger partial charge >= 0.3 is 5.69 Å². The molecule has 1 aromatic carbocycles. The lowest BCUT2D eigenvalue weighted by Gasteiger charge is -2.20. The fraction of sp³-hybridized carbons (Fsp3) is 0.538. The highest BCUT2D eigenvalue weighted by molar-refractivity contribution is 5.58. The summed E-state index contributed by atoms with van der Waals surface area (Å²) >= 11 is 0. The van der Waals surface area contributed by atoms with Crippen molar-refractivity contribution in [2.45, 2.75) is 32.7 Å². The van der Waals surface area contributed by atoms with Gasteiger partial charge in [0.25, 0.3) is 0 Å². The maximum absolute atomic E-state index is 10.9. The van der Waals surface area contributed by atoms with Gasteiger partial charge in [-0.15, -0.1) is 0 Å². The third-order valence-corrected chi connectivity index (χ3v) is 2.37. The summed E-state index contributed by atoms with van der Waals surface area (Å²) in [6, 6.07) is 4.74. The lowest BCUT2D eigenvalue weighted by atomic mass is 10.1. The second-order valence-corrected chi connectivity index (χ2v) is 5.13. The van der Waals surface area contributed by atoms with E-state index in [0.717, 1.165) is 12.1 Å². The summed E-state index contributed by atoms with van der Waals surface area (Å²) in [7, 11) is 0. The summed E-state index contributed by atoms with van der Waals surface area (Å²) in [4.78, 5) is 10.5. The smallest absolute Gasteiger partial charge is 0.311 e. The lowest BCUT2D eigenvalue weighted by Crippen LogP contribution is -2.39. The van der Waals surface area contributed by atoms with E-state index in [-0.39, 0.29) is 17.0 Å². The maximum Gasteiger partial charge on any atom is 0.311 e. The van der Waals surface area contributed by atoms with Gasteiger partial charge in [-0.2, -0.15) is 0 Å². The summed E-state index contributed by atoms with van der Waals surface area (Å²) in [5.74, 6) is 0.284. The van der Waals surface area contributed by atoms with Crippen molar-refractivity contribution in [2.24, 2.45) is 5.73 Å². The van der Waals surface area contributed by atoms with Gasteiger partial charge < -0.3 is 15.8 Å². The molecule has 0 radical (unpaired) electrons. The molecule has 3 N–H and O–H groups in total. The van der Waals surface area contributed by atoms with Crippen LogP contribution in [-0.4, -0.2) is 23.6 Å². The Balaban J connectivity index is 2.88. The van der Waals surface area contributed by atoms with Crippen molar-refractivity contribution in [3.8, 4) is 5.75 Å². The largest absolute Gasteiger partial charge is 0.487 e. The van der Waals surface area contributed by atoms with Crippen molar-refractivity contribution < 1.29 is 9.66 Å². The molecule has 0 amide bonds. The molecule has 0 spiro atoms. The molecule has 0 aliphatic rings. The minimum absolute atomic E-state index is 0.0222. The van der Waals surface area contributed by atoms with Gasteiger partial charge in [0.1, 0.15) is 0 Å². The van der Waals surface area contributed by atoms with Crippen LogP contribution in [0.15, 0.2) is 18.2 Å². The number of nitro groups is 1. The average molecular weight is 267 g/mol. The van der Waals surface area contributed by atoms with Crippen molar-refractivity contribution in [1.82, 2.24) is 0 Å². The van der Waals surface area contributed by atoms with E-state index < -0.39 is 4.92 Å². The van der Waals surface area contributed by atoms with Crippen LogP contribution in [0.2, 0.25) is 0 Å². The molecule has 1 rings (SSSR count). The summed E-state index contributed by atoms with van der Waals surface area (Å²) in [5, 5.41) is 14.0. The van der Waals surface area contributed by atoms with Gasteiger partial charge in [-0.25, -0.2) is 0 Å². The Morgan fingerprint density at radius 2 is 2.16 bits per heavy atom. The maximum atomic E-state index is 10.9. The molecule has 0 bridgehead atoms. The molecule has 19 heavy (non-hydrogen) atoms. The molecule has 0 unspecified atom stereocenters. The van der Waals surface area contributed by atoms with Crippen LogP contribution < -0.4 is 15.8 Å². The van der Waals surface area contributed by atoms with Gasteiger partial charge in [-0.3, -0.25) is 10.1 Å². The fourth-order valence-electron chi connectivity index (χ4n) is 1.43. The molecular formula is C13H21N3O3. The SMILES string of the molecule is CCCOc1cc(NCC(C)(C)N)ccc1[N+](=O)[O-]. The van der Waals surface area contributed by atoms with Crippen LogP contribution in [0.5, 0.6) is 5.75 Å². The van der Waals surface area contributed by atoms with Crippen LogP contribution in [0.4, 0.5) is 11.4 Å². The van der Waals surface area contributed by atoms with Crippen molar-refractivity contribution in [2.75, 3.05) is 18.5 Å². The third kappa shape index (κ3) is 5.13. The zero-order valence-corrected chi connectivity index (χ0v) is 11.6. The topological polar surface area (TPSA) is 90.4 Å². The number of rotatable bonds is 7. The van der Waals surface area contributed by atoms with Crippen LogP contribution in [0.3, 0.4) is 0 Å². The normalized spacial score (nSPS) is 11.2. The zero-order valence-electron chi connectivity index (χ0n) is 11.6. The van der Waals surface area contributed by atoms with Crippen molar-refractivity contribution >= 4 is 11.4 Å². The highest BCUT2D eigenvalue weighted by atomic mass is 16.6. The van der Waals surface area contributed by atoms with E-state index in [0.29, 0.717) is 13.2 Å². The Bertz CT molecular complexity index is 441. The minimum atomic E-state index is -0.443. The van der Waals surface area contributed by atoms with E-state index in [1.165, 1.54) is 6.07 Å². The van der Waals surface area contributed by atoms with Crippen molar-refractivity contribution in [3.05, 3.63) is 28.3 Å². The van der Waals surface area contributed by atoms with E-state index in [1.807, 2.05) is 20.8 Å².